The zero-order valence-electron chi connectivity index (χ0n) is 17.6. The molecule has 1 aromatic carbocycles. The molecular formula is C24H36N4. The lowest BCUT2D eigenvalue weighted by Gasteiger charge is -2.10. The van der Waals surface area contributed by atoms with E-state index in [0.29, 0.717) is 0 Å². The normalized spacial score (nSPS) is 14.0. The molecule has 0 saturated heterocycles. The van der Waals surface area contributed by atoms with E-state index in [1.165, 1.54) is 6.21 Å². The Kier molecular flexibility index (Phi) is 19.7. The van der Waals surface area contributed by atoms with Gasteiger partial charge in [-0.3, -0.25) is 9.98 Å². The van der Waals surface area contributed by atoms with E-state index < -0.39 is 0 Å². The first-order valence-corrected chi connectivity index (χ1v) is 9.37. The number of benzene rings is 1. The molecule has 2 atom stereocenters. The molecule has 0 bridgehead atoms. The minimum absolute atomic E-state index is 0.229. The fraction of sp³-hybridized carbons (Fsp3) is 0.292. The molecule has 4 nitrogen and oxygen atoms in total. The Morgan fingerprint density at radius 1 is 1.18 bits per heavy atom. The molecule has 0 spiro atoms. The van der Waals surface area contributed by atoms with Crippen molar-refractivity contribution < 1.29 is 0 Å². The highest BCUT2D eigenvalue weighted by Crippen LogP contribution is 2.17. The molecule has 4 heteroatoms. The molecule has 0 radical (unpaired) electrons. The largest absolute Gasteiger partial charge is 0.372 e. The number of hydrogen-bond donors (Lipinski definition) is 2. The van der Waals surface area contributed by atoms with Crippen molar-refractivity contribution in [3.05, 3.63) is 80.6 Å². The summed E-state index contributed by atoms with van der Waals surface area (Å²) >= 11 is 0. The zero-order valence-corrected chi connectivity index (χ0v) is 17.6. The van der Waals surface area contributed by atoms with Crippen molar-refractivity contribution in [1.82, 2.24) is 5.32 Å². The molecule has 0 saturated carbocycles. The summed E-state index contributed by atoms with van der Waals surface area (Å²) in [6.07, 6.45) is 12.0. The van der Waals surface area contributed by atoms with Crippen LogP contribution in [0.4, 0.5) is 0 Å². The molecule has 1 aliphatic heterocycles. The Morgan fingerprint density at radius 2 is 1.82 bits per heavy atom. The number of rotatable bonds is 6. The van der Waals surface area contributed by atoms with E-state index in [1.54, 1.807) is 6.21 Å². The maximum Gasteiger partial charge on any atom is 0.107 e. The zero-order chi connectivity index (χ0) is 21.6. The van der Waals surface area contributed by atoms with Gasteiger partial charge in [-0.2, -0.15) is 0 Å². The van der Waals surface area contributed by atoms with Crippen LogP contribution in [0.25, 0.3) is 5.70 Å². The summed E-state index contributed by atoms with van der Waals surface area (Å²) in [6, 6.07) is 10.2. The molecule has 0 aromatic heterocycles. The van der Waals surface area contributed by atoms with Crippen LogP contribution in [0, 0.1) is 17.2 Å². The van der Waals surface area contributed by atoms with E-state index in [1.807, 2.05) is 43.6 Å². The highest BCUT2D eigenvalue weighted by atomic mass is 15.0. The number of aliphatic imine (C=N–C) groups is 2. The molecule has 152 valence electrons. The Balaban J connectivity index is 0. The first kappa shape index (κ1) is 27.2. The van der Waals surface area contributed by atoms with E-state index >= 15 is 0 Å². The van der Waals surface area contributed by atoms with Gasteiger partial charge in [0, 0.05) is 12.4 Å². The molecule has 0 fully saturated rings. The van der Waals surface area contributed by atoms with Crippen molar-refractivity contribution in [3.63, 3.8) is 0 Å². The van der Waals surface area contributed by atoms with Gasteiger partial charge in [-0.05, 0) is 42.3 Å². The monoisotopic (exact) mass is 380 g/mol. The standard InChI is InChI=1S/C16H22N2.C4H6N2.2C2H4/c1-4-8-16(15-9-6-5-7-10-15)18-12-14(3)13(2)11-17;1-2-5-4-6-3-1;2*1-2/h5-14,17H,4H2,1-3H3;1-3,5H,4H2;2*1-2H2/b16-8-,17-11?,18-12?;;;. The summed E-state index contributed by atoms with van der Waals surface area (Å²) in [5, 5.41) is 10.2. The van der Waals surface area contributed by atoms with Crippen LogP contribution in [0.15, 0.2) is 85.0 Å². The first-order valence-electron chi connectivity index (χ1n) is 9.37. The van der Waals surface area contributed by atoms with Gasteiger partial charge in [0.25, 0.3) is 0 Å². The third-order valence-corrected chi connectivity index (χ3v) is 3.60. The highest BCUT2D eigenvalue weighted by molar-refractivity contribution is 5.77. The lowest BCUT2D eigenvalue weighted by molar-refractivity contribution is 0.644. The van der Waals surface area contributed by atoms with E-state index in [9.17, 15) is 0 Å². The second kappa shape index (κ2) is 20.3. The summed E-state index contributed by atoms with van der Waals surface area (Å²) < 4.78 is 0. The average molecular weight is 381 g/mol. The lowest BCUT2D eigenvalue weighted by Crippen LogP contribution is -2.09. The van der Waals surface area contributed by atoms with E-state index in [4.69, 9.17) is 5.41 Å². The smallest absolute Gasteiger partial charge is 0.107 e. The third kappa shape index (κ3) is 13.2. The quantitative estimate of drug-likeness (QED) is 0.450. The van der Waals surface area contributed by atoms with Gasteiger partial charge in [-0.1, -0.05) is 57.2 Å². The van der Waals surface area contributed by atoms with Gasteiger partial charge in [0.1, 0.15) is 6.67 Å². The molecular weight excluding hydrogens is 344 g/mol. The van der Waals surface area contributed by atoms with E-state index in [-0.39, 0.29) is 11.8 Å². The van der Waals surface area contributed by atoms with Crippen LogP contribution in [0.5, 0.6) is 0 Å². The number of hydrogen-bond acceptors (Lipinski definition) is 4. The van der Waals surface area contributed by atoms with Crippen molar-refractivity contribution in [2.45, 2.75) is 27.2 Å². The second-order valence-corrected chi connectivity index (χ2v) is 5.58. The van der Waals surface area contributed by atoms with Gasteiger partial charge in [-0.25, -0.2) is 0 Å². The van der Waals surface area contributed by atoms with Crippen LogP contribution in [0.3, 0.4) is 0 Å². The topological polar surface area (TPSA) is 60.6 Å². The molecule has 1 heterocycles. The van der Waals surface area contributed by atoms with Crippen molar-refractivity contribution in [3.8, 4) is 0 Å². The number of nitrogens with zero attached hydrogens (tertiary/aromatic N) is 2. The van der Waals surface area contributed by atoms with Crippen molar-refractivity contribution in [2.24, 2.45) is 21.8 Å². The van der Waals surface area contributed by atoms with Gasteiger partial charge in [-0.15, -0.1) is 26.3 Å². The summed E-state index contributed by atoms with van der Waals surface area (Å²) in [7, 11) is 0. The Bertz CT molecular complexity index is 601. The Hall–Kier alpha value is -3.01. The van der Waals surface area contributed by atoms with Gasteiger partial charge < -0.3 is 10.7 Å². The van der Waals surface area contributed by atoms with Gasteiger partial charge >= 0.3 is 0 Å². The van der Waals surface area contributed by atoms with Crippen LogP contribution >= 0.6 is 0 Å². The fourth-order valence-electron chi connectivity index (χ4n) is 1.86. The molecule has 2 unspecified atom stereocenters. The predicted molar refractivity (Wildman–Crippen MR) is 128 cm³/mol. The summed E-state index contributed by atoms with van der Waals surface area (Å²) in [5.41, 5.74) is 2.16. The Labute approximate surface area is 171 Å². The van der Waals surface area contributed by atoms with Crippen molar-refractivity contribution in [1.29, 1.82) is 5.41 Å². The van der Waals surface area contributed by atoms with Crippen molar-refractivity contribution in [2.75, 3.05) is 6.67 Å². The van der Waals surface area contributed by atoms with Crippen LogP contribution in [0.2, 0.25) is 0 Å². The van der Waals surface area contributed by atoms with Crippen LogP contribution < -0.4 is 5.32 Å². The predicted octanol–water partition coefficient (Wildman–Crippen LogP) is 6.17. The molecule has 1 aliphatic rings. The fourth-order valence-corrected chi connectivity index (χ4v) is 1.86. The maximum atomic E-state index is 7.27. The van der Waals surface area contributed by atoms with Crippen LogP contribution in [0.1, 0.15) is 32.8 Å². The average Bonchev–Trinajstić information content (AvgIpc) is 2.80. The minimum atomic E-state index is 0.229. The number of allylic oxidation sites excluding steroid dienone is 2. The third-order valence-electron chi connectivity index (χ3n) is 3.60. The van der Waals surface area contributed by atoms with Gasteiger partial charge in [0.05, 0.1) is 5.70 Å². The van der Waals surface area contributed by atoms with E-state index in [2.05, 4.69) is 73.7 Å². The SMILES string of the molecule is C1=CNCN=C1.C=C.C=C.CC/C=C(\N=CC(C)C(C)C=N)c1ccccc1. The molecule has 0 aliphatic carbocycles. The number of nitrogens with one attached hydrogen (secondary N) is 2. The minimum Gasteiger partial charge on any atom is -0.372 e. The first-order chi connectivity index (χ1) is 13.7. The second-order valence-electron chi connectivity index (χ2n) is 5.58. The van der Waals surface area contributed by atoms with Crippen LogP contribution in [-0.2, 0) is 0 Å². The molecule has 28 heavy (non-hydrogen) atoms. The van der Waals surface area contributed by atoms with Gasteiger partial charge in [0.15, 0.2) is 0 Å². The molecule has 0 amide bonds. The molecule has 2 N–H and O–H groups in total. The Morgan fingerprint density at radius 3 is 2.21 bits per heavy atom. The molecule has 2 rings (SSSR count). The summed E-state index contributed by atoms with van der Waals surface area (Å²) in [5.74, 6) is 0.513. The lowest BCUT2D eigenvalue weighted by atomic mass is 9.99. The van der Waals surface area contributed by atoms with E-state index in [0.717, 1.165) is 24.4 Å². The highest BCUT2D eigenvalue weighted by Gasteiger charge is 2.06. The van der Waals surface area contributed by atoms with Crippen molar-refractivity contribution >= 4 is 24.3 Å². The summed E-state index contributed by atoms with van der Waals surface area (Å²) in [6.45, 7) is 19.0. The summed E-state index contributed by atoms with van der Waals surface area (Å²) in [4.78, 5) is 8.44. The van der Waals surface area contributed by atoms with Crippen LogP contribution in [-0.4, -0.2) is 25.3 Å². The maximum absolute atomic E-state index is 7.27. The van der Waals surface area contributed by atoms with Gasteiger partial charge in [0.2, 0.25) is 0 Å². The molecule has 1 aromatic rings.